The number of hydrogen-bond acceptors (Lipinski definition) is 4. The standard InChI is InChI=1S/C19H17ClN4O4/c20-15-7-13-17(21-9-22-18(13)25)24(15)11-3-1-10(2-4-11)16-14-6-5-12(28-14)8-23(16)19(26)27/h1-4,7,9,12,14,16H,5-6,8H2,(H,26,27)(H,21,22,25)/t12-,14?,16-/m0/s1. The zero-order chi connectivity index (χ0) is 19.4. The molecule has 2 saturated heterocycles. The molecule has 5 rings (SSSR count). The van der Waals surface area contributed by atoms with Gasteiger partial charge in [-0.3, -0.25) is 14.3 Å². The van der Waals surface area contributed by atoms with Gasteiger partial charge >= 0.3 is 6.09 Å². The van der Waals surface area contributed by atoms with Crippen molar-refractivity contribution in [2.45, 2.75) is 31.1 Å². The van der Waals surface area contributed by atoms with Crippen molar-refractivity contribution in [2.75, 3.05) is 6.54 Å². The summed E-state index contributed by atoms with van der Waals surface area (Å²) in [5.74, 6) is 0. The zero-order valence-electron chi connectivity index (χ0n) is 14.7. The summed E-state index contributed by atoms with van der Waals surface area (Å²) < 4.78 is 7.65. The van der Waals surface area contributed by atoms with E-state index in [-0.39, 0.29) is 23.8 Å². The molecule has 144 valence electrons. The van der Waals surface area contributed by atoms with Crippen LogP contribution in [0.5, 0.6) is 0 Å². The smallest absolute Gasteiger partial charge is 0.407 e. The summed E-state index contributed by atoms with van der Waals surface area (Å²) in [4.78, 5) is 32.0. The lowest BCUT2D eigenvalue weighted by Gasteiger charge is -2.38. The highest BCUT2D eigenvalue weighted by atomic mass is 35.5. The molecule has 8 nitrogen and oxygen atoms in total. The number of benzene rings is 1. The predicted octanol–water partition coefficient (Wildman–Crippen LogP) is 2.95. The van der Waals surface area contributed by atoms with E-state index in [0.717, 1.165) is 24.1 Å². The molecule has 28 heavy (non-hydrogen) atoms. The van der Waals surface area contributed by atoms with E-state index in [1.54, 1.807) is 10.6 Å². The van der Waals surface area contributed by atoms with Crippen molar-refractivity contribution in [3.8, 4) is 5.69 Å². The van der Waals surface area contributed by atoms with E-state index < -0.39 is 6.09 Å². The van der Waals surface area contributed by atoms with E-state index >= 15 is 0 Å². The molecule has 0 radical (unpaired) electrons. The van der Waals surface area contributed by atoms with Gasteiger partial charge in [-0.1, -0.05) is 23.7 Å². The highest BCUT2D eigenvalue weighted by Crippen LogP contribution is 2.40. The van der Waals surface area contributed by atoms with Gasteiger partial charge in [0, 0.05) is 5.69 Å². The molecule has 4 heterocycles. The number of H-pyrrole nitrogens is 1. The Morgan fingerprint density at radius 3 is 2.82 bits per heavy atom. The Morgan fingerprint density at radius 2 is 2.07 bits per heavy atom. The van der Waals surface area contributed by atoms with Crippen molar-refractivity contribution >= 4 is 28.7 Å². The minimum absolute atomic E-state index is 0.00849. The Labute approximate surface area is 164 Å². The number of carbonyl (C=O) groups is 1. The number of carboxylic acid groups (broad SMARTS) is 1. The number of aromatic amines is 1. The van der Waals surface area contributed by atoms with Crippen LogP contribution in [0.3, 0.4) is 0 Å². The third-order valence-corrected chi connectivity index (χ3v) is 5.80. The van der Waals surface area contributed by atoms with E-state index in [1.807, 2.05) is 24.3 Å². The Hall–Kier alpha value is -2.84. The van der Waals surface area contributed by atoms with Crippen LogP contribution in [-0.4, -0.2) is 49.4 Å². The lowest BCUT2D eigenvalue weighted by molar-refractivity contribution is -0.0685. The SMILES string of the molecule is O=C(O)N1C[C@@H]2CCC(O2)[C@@H]1c1ccc(-n2c(Cl)cc3c(=O)[nH]cnc32)cc1. The van der Waals surface area contributed by atoms with Gasteiger partial charge < -0.3 is 14.8 Å². The van der Waals surface area contributed by atoms with Crippen LogP contribution >= 0.6 is 11.6 Å². The number of nitrogens with zero attached hydrogens (tertiary/aromatic N) is 3. The molecule has 1 aromatic carbocycles. The van der Waals surface area contributed by atoms with Gasteiger partial charge in [0.15, 0.2) is 5.65 Å². The zero-order valence-corrected chi connectivity index (χ0v) is 15.5. The topological polar surface area (TPSA) is 100 Å². The molecule has 2 aromatic heterocycles. The van der Waals surface area contributed by atoms with Crippen LogP contribution in [0, 0.1) is 0 Å². The normalized spacial score (nSPS) is 24.0. The average molecular weight is 401 g/mol. The molecule has 2 aliphatic heterocycles. The third-order valence-electron chi connectivity index (χ3n) is 5.52. The van der Waals surface area contributed by atoms with E-state index in [1.165, 1.54) is 11.2 Å². The maximum absolute atomic E-state index is 12.0. The number of hydrogen-bond donors (Lipinski definition) is 2. The Balaban J connectivity index is 1.55. The van der Waals surface area contributed by atoms with Crippen molar-refractivity contribution in [1.82, 2.24) is 19.4 Å². The molecule has 0 aliphatic carbocycles. The molecule has 2 aliphatic rings. The van der Waals surface area contributed by atoms with Crippen LogP contribution in [0.25, 0.3) is 16.7 Å². The average Bonchev–Trinajstić information content (AvgIpc) is 3.22. The fourth-order valence-electron chi connectivity index (χ4n) is 4.29. The number of aromatic nitrogens is 3. The number of morpholine rings is 1. The molecular weight excluding hydrogens is 384 g/mol. The number of ether oxygens (including phenoxy) is 1. The summed E-state index contributed by atoms with van der Waals surface area (Å²) in [5, 5.41) is 10.4. The van der Waals surface area contributed by atoms with Gasteiger partial charge in [-0.05, 0) is 36.6 Å². The minimum Gasteiger partial charge on any atom is -0.465 e. The lowest BCUT2D eigenvalue weighted by atomic mass is 9.98. The van der Waals surface area contributed by atoms with Crippen LogP contribution in [0.4, 0.5) is 4.79 Å². The number of halogens is 1. The molecule has 9 heteroatoms. The van der Waals surface area contributed by atoms with Gasteiger partial charge in [-0.25, -0.2) is 9.78 Å². The second-order valence-electron chi connectivity index (χ2n) is 7.12. The first kappa shape index (κ1) is 17.3. The molecule has 1 unspecified atom stereocenters. The molecule has 0 saturated carbocycles. The second-order valence-corrected chi connectivity index (χ2v) is 7.50. The predicted molar refractivity (Wildman–Crippen MR) is 102 cm³/mol. The quantitative estimate of drug-likeness (QED) is 0.688. The fourth-order valence-corrected chi connectivity index (χ4v) is 4.57. The van der Waals surface area contributed by atoms with Crippen LogP contribution < -0.4 is 5.56 Å². The number of fused-ring (bicyclic) bond motifs is 3. The highest BCUT2D eigenvalue weighted by Gasteiger charge is 2.44. The first-order valence-corrected chi connectivity index (χ1v) is 9.41. The lowest BCUT2D eigenvalue weighted by Crippen LogP contribution is -2.47. The summed E-state index contributed by atoms with van der Waals surface area (Å²) in [5.41, 5.74) is 1.82. The summed E-state index contributed by atoms with van der Waals surface area (Å²) in [6, 6.07) is 8.72. The van der Waals surface area contributed by atoms with E-state index in [2.05, 4.69) is 9.97 Å². The Kier molecular flexibility index (Phi) is 3.92. The van der Waals surface area contributed by atoms with Crippen molar-refractivity contribution in [1.29, 1.82) is 0 Å². The molecule has 3 atom stereocenters. The number of nitrogens with one attached hydrogen (secondary N) is 1. The van der Waals surface area contributed by atoms with Crippen molar-refractivity contribution < 1.29 is 14.6 Å². The maximum atomic E-state index is 12.0. The van der Waals surface area contributed by atoms with Gasteiger partial charge in [-0.2, -0.15) is 0 Å². The van der Waals surface area contributed by atoms with Crippen LogP contribution in [0.2, 0.25) is 5.15 Å². The minimum atomic E-state index is -0.933. The Bertz CT molecular complexity index is 1120. The van der Waals surface area contributed by atoms with Gasteiger partial charge in [0.1, 0.15) is 5.15 Å². The Morgan fingerprint density at radius 1 is 1.29 bits per heavy atom. The highest BCUT2D eigenvalue weighted by molar-refractivity contribution is 6.31. The largest absolute Gasteiger partial charge is 0.465 e. The van der Waals surface area contributed by atoms with Crippen molar-refractivity contribution in [2.24, 2.45) is 0 Å². The molecular formula is C19H17ClN4O4. The summed E-state index contributed by atoms with van der Waals surface area (Å²) in [7, 11) is 0. The molecule has 2 bridgehead atoms. The summed E-state index contributed by atoms with van der Waals surface area (Å²) in [6.45, 7) is 0.388. The molecule has 1 amide bonds. The fraction of sp³-hybridized carbons (Fsp3) is 0.316. The number of amides is 1. The third kappa shape index (κ3) is 2.60. The van der Waals surface area contributed by atoms with Crippen molar-refractivity contribution in [3.63, 3.8) is 0 Å². The molecule has 2 N–H and O–H groups in total. The van der Waals surface area contributed by atoms with Crippen LogP contribution in [0.15, 0.2) is 41.5 Å². The van der Waals surface area contributed by atoms with E-state index in [0.29, 0.717) is 22.7 Å². The molecule has 3 aromatic rings. The van der Waals surface area contributed by atoms with Gasteiger partial charge in [-0.15, -0.1) is 0 Å². The summed E-state index contributed by atoms with van der Waals surface area (Å²) >= 11 is 6.34. The number of likely N-dealkylation sites (tertiary alicyclic amines) is 1. The number of rotatable bonds is 2. The summed E-state index contributed by atoms with van der Waals surface area (Å²) in [6.07, 6.45) is 2.00. The first-order valence-electron chi connectivity index (χ1n) is 9.03. The molecule has 0 spiro atoms. The van der Waals surface area contributed by atoms with Crippen LogP contribution in [0.1, 0.15) is 24.4 Å². The second kappa shape index (κ2) is 6.35. The molecule has 2 fully saturated rings. The van der Waals surface area contributed by atoms with Gasteiger partial charge in [0.2, 0.25) is 0 Å². The van der Waals surface area contributed by atoms with Crippen LogP contribution in [-0.2, 0) is 4.74 Å². The monoisotopic (exact) mass is 400 g/mol. The maximum Gasteiger partial charge on any atom is 0.407 e. The first-order chi connectivity index (χ1) is 13.5. The van der Waals surface area contributed by atoms with Crippen molar-refractivity contribution in [3.05, 3.63) is 57.7 Å². The van der Waals surface area contributed by atoms with E-state index in [9.17, 15) is 14.7 Å². The van der Waals surface area contributed by atoms with E-state index in [4.69, 9.17) is 16.3 Å². The van der Waals surface area contributed by atoms with Gasteiger partial charge in [0.25, 0.3) is 5.56 Å². The van der Waals surface area contributed by atoms with Gasteiger partial charge in [0.05, 0.1) is 36.5 Å².